The van der Waals surface area contributed by atoms with E-state index in [-0.39, 0.29) is 0 Å². The molecule has 0 aromatic carbocycles. The second-order valence-electron chi connectivity index (χ2n) is 2.55. The van der Waals surface area contributed by atoms with Crippen LogP contribution in [0.2, 0.25) is 0 Å². The van der Waals surface area contributed by atoms with Gasteiger partial charge in [0.15, 0.2) is 0 Å². The van der Waals surface area contributed by atoms with Crippen LogP contribution in [0.4, 0.5) is 0 Å². The van der Waals surface area contributed by atoms with Gasteiger partial charge in [-0.3, -0.25) is 0 Å². The lowest BCUT2D eigenvalue weighted by molar-refractivity contribution is 1.04. The van der Waals surface area contributed by atoms with Crippen LogP contribution in [0.1, 0.15) is 19.8 Å². The molecule has 0 amide bonds. The van der Waals surface area contributed by atoms with Gasteiger partial charge < -0.3 is 5.73 Å². The van der Waals surface area contributed by atoms with E-state index in [0.717, 1.165) is 12.0 Å². The SMILES string of the molecule is CCC1=C(Cl)C=C(Cl)N=C(N)C1. The van der Waals surface area contributed by atoms with E-state index in [2.05, 4.69) is 4.99 Å². The first kappa shape index (κ1) is 9.62. The molecule has 2 nitrogen and oxygen atoms in total. The first-order valence-corrected chi connectivity index (χ1v) is 4.46. The number of hydrogen-bond donors (Lipinski definition) is 1. The fraction of sp³-hybridized carbons (Fsp3) is 0.375. The molecule has 0 unspecified atom stereocenters. The third-order valence-electron chi connectivity index (χ3n) is 1.66. The smallest absolute Gasteiger partial charge is 0.132 e. The Morgan fingerprint density at radius 1 is 1.58 bits per heavy atom. The molecule has 0 aromatic rings. The van der Waals surface area contributed by atoms with Crippen molar-refractivity contribution in [3.8, 4) is 0 Å². The van der Waals surface area contributed by atoms with Gasteiger partial charge in [0.25, 0.3) is 0 Å². The summed E-state index contributed by atoms with van der Waals surface area (Å²) in [5.74, 6) is 0.517. The maximum atomic E-state index is 5.94. The summed E-state index contributed by atoms with van der Waals surface area (Å²) in [6.07, 6.45) is 3.11. The summed E-state index contributed by atoms with van der Waals surface area (Å²) in [6.45, 7) is 2.03. The summed E-state index contributed by atoms with van der Waals surface area (Å²) < 4.78 is 0. The van der Waals surface area contributed by atoms with Crippen LogP contribution < -0.4 is 5.73 Å². The molecule has 1 heterocycles. The molecule has 0 aromatic heterocycles. The van der Waals surface area contributed by atoms with Crippen LogP contribution in [0.3, 0.4) is 0 Å². The lowest BCUT2D eigenvalue weighted by Gasteiger charge is -2.02. The summed E-state index contributed by atoms with van der Waals surface area (Å²) in [5, 5.41) is 1.01. The fourth-order valence-corrected chi connectivity index (χ4v) is 1.59. The predicted octanol–water partition coefficient (Wildman–Crippen LogP) is 2.73. The predicted molar refractivity (Wildman–Crippen MR) is 53.3 cm³/mol. The van der Waals surface area contributed by atoms with Crippen molar-refractivity contribution in [2.75, 3.05) is 0 Å². The number of rotatable bonds is 1. The van der Waals surface area contributed by atoms with Gasteiger partial charge in [-0.25, -0.2) is 4.99 Å². The number of nitrogens with two attached hydrogens (primary N) is 1. The third-order valence-corrected chi connectivity index (χ3v) is 2.23. The van der Waals surface area contributed by atoms with Gasteiger partial charge in [0.1, 0.15) is 11.0 Å². The van der Waals surface area contributed by atoms with E-state index in [1.807, 2.05) is 6.92 Å². The van der Waals surface area contributed by atoms with Gasteiger partial charge in [-0.1, -0.05) is 30.1 Å². The monoisotopic (exact) mass is 204 g/mol. The Labute approximate surface area is 81.8 Å². The number of allylic oxidation sites excluding steroid dienone is 2. The van der Waals surface area contributed by atoms with Crippen molar-refractivity contribution in [3.63, 3.8) is 0 Å². The van der Waals surface area contributed by atoms with Crippen LogP contribution in [-0.4, -0.2) is 5.84 Å². The first-order valence-electron chi connectivity index (χ1n) is 3.71. The molecular weight excluding hydrogens is 195 g/mol. The highest BCUT2D eigenvalue weighted by atomic mass is 35.5. The van der Waals surface area contributed by atoms with E-state index in [9.17, 15) is 0 Å². The van der Waals surface area contributed by atoms with Crippen LogP contribution in [0, 0.1) is 0 Å². The van der Waals surface area contributed by atoms with Crippen molar-refractivity contribution in [2.45, 2.75) is 19.8 Å². The van der Waals surface area contributed by atoms with E-state index in [1.165, 1.54) is 0 Å². The molecule has 12 heavy (non-hydrogen) atoms. The zero-order chi connectivity index (χ0) is 9.14. The molecule has 1 aliphatic heterocycles. The van der Waals surface area contributed by atoms with Gasteiger partial charge in [-0.05, 0) is 18.1 Å². The van der Waals surface area contributed by atoms with Crippen molar-refractivity contribution < 1.29 is 0 Å². The van der Waals surface area contributed by atoms with Gasteiger partial charge in [0.05, 0.1) is 0 Å². The number of amidine groups is 1. The van der Waals surface area contributed by atoms with E-state index in [4.69, 9.17) is 28.9 Å². The largest absolute Gasteiger partial charge is 0.387 e. The number of halogens is 2. The summed E-state index contributed by atoms with van der Waals surface area (Å²) in [6, 6.07) is 0. The quantitative estimate of drug-likeness (QED) is 0.656. The molecule has 1 aliphatic rings. The Hall–Kier alpha value is -0.470. The van der Waals surface area contributed by atoms with E-state index >= 15 is 0 Å². The van der Waals surface area contributed by atoms with Crippen molar-refractivity contribution in [1.29, 1.82) is 0 Å². The Morgan fingerprint density at radius 2 is 2.25 bits per heavy atom. The van der Waals surface area contributed by atoms with Crippen molar-refractivity contribution in [3.05, 3.63) is 21.8 Å². The molecule has 0 fully saturated rings. The minimum Gasteiger partial charge on any atom is -0.387 e. The summed E-state index contributed by atoms with van der Waals surface area (Å²) in [5.41, 5.74) is 6.66. The van der Waals surface area contributed by atoms with Crippen LogP contribution in [0.15, 0.2) is 26.8 Å². The molecule has 0 saturated carbocycles. The maximum Gasteiger partial charge on any atom is 0.132 e. The molecule has 1 rings (SSSR count). The van der Waals surface area contributed by atoms with E-state index in [0.29, 0.717) is 22.4 Å². The Bertz CT molecular complexity index is 277. The highest BCUT2D eigenvalue weighted by Crippen LogP contribution is 2.23. The minimum atomic E-state index is 0.348. The average molecular weight is 205 g/mol. The third kappa shape index (κ3) is 2.26. The molecule has 0 bridgehead atoms. The first-order chi connectivity index (χ1) is 5.63. The van der Waals surface area contributed by atoms with E-state index < -0.39 is 0 Å². The summed E-state index contributed by atoms with van der Waals surface area (Å²) in [7, 11) is 0. The molecule has 66 valence electrons. The lowest BCUT2D eigenvalue weighted by atomic mass is 10.1. The van der Waals surface area contributed by atoms with Crippen molar-refractivity contribution >= 4 is 29.0 Å². The van der Waals surface area contributed by atoms with Crippen LogP contribution >= 0.6 is 23.2 Å². The molecular formula is C8H10Cl2N2. The minimum absolute atomic E-state index is 0.348. The molecule has 0 spiro atoms. The highest BCUT2D eigenvalue weighted by Gasteiger charge is 2.08. The number of hydrogen-bond acceptors (Lipinski definition) is 2. The average Bonchev–Trinajstić information content (AvgIpc) is 2.09. The van der Waals surface area contributed by atoms with Crippen LogP contribution in [-0.2, 0) is 0 Å². The molecule has 2 N–H and O–H groups in total. The fourth-order valence-electron chi connectivity index (χ4n) is 1.01. The topological polar surface area (TPSA) is 38.4 Å². The van der Waals surface area contributed by atoms with Gasteiger partial charge in [-0.2, -0.15) is 0 Å². The Morgan fingerprint density at radius 3 is 2.83 bits per heavy atom. The maximum absolute atomic E-state index is 5.94. The van der Waals surface area contributed by atoms with Crippen LogP contribution in [0.5, 0.6) is 0 Å². The normalized spacial score (nSPS) is 18.6. The van der Waals surface area contributed by atoms with Crippen molar-refractivity contribution in [2.24, 2.45) is 10.7 Å². The molecule has 0 aliphatic carbocycles. The number of aliphatic imine (C=N–C) groups is 1. The molecule has 0 saturated heterocycles. The molecule has 0 radical (unpaired) electrons. The molecule has 0 atom stereocenters. The summed E-state index contributed by atoms with van der Waals surface area (Å²) >= 11 is 11.6. The standard InChI is InChI=1S/C8H10Cl2N2/c1-2-5-3-8(11)12-7(10)4-6(5)9/h4H,2-3H2,1H3,(H2,11,12). The van der Waals surface area contributed by atoms with Gasteiger partial charge in [0, 0.05) is 11.5 Å². The summed E-state index contributed by atoms with van der Waals surface area (Å²) in [4.78, 5) is 3.92. The highest BCUT2D eigenvalue weighted by molar-refractivity contribution is 6.35. The van der Waals surface area contributed by atoms with E-state index in [1.54, 1.807) is 6.08 Å². The second kappa shape index (κ2) is 3.97. The Balaban J connectivity index is 3.02. The number of nitrogens with zero attached hydrogens (tertiary/aromatic N) is 1. The second-order valence-corrected chi connectivity index (χ2v) is 3.35. The Kier molecular flexibility index (Phi) is 3.18. The van der Waals surface area contributed by atoms with Gasteiger partial charge in [0.2, 0.25) is 0 Å². The molecule has 4 heteroatoms. The van der Waals surface area contributed by atoms with Crippen molar-refractivity contribution in [1.82, 2.24) is 0 Å². The van der Waals surface area contributed by atoms with Gasteiger partial charge in [-0.15, -0.1) is 0 Å². The zero-order valence-corrected chi connectivity index (χ0v) is 8.28. The zero-order valence-electron chi connectivity index (χ0n) is 6.77. The van der Waals surface area contributed by atoms with Crippen LogP contribution in [0.25, 0.3) is 0 Å². The lowest BCUT2D eigenvalue weighted by Crippen LogP contribution is -2.11. The van der Waals surface area contributed by atoms with Gasteiger partial charge >= 0.3 is 0 Å².